The molecule has 0 bridgehead atoms. The summed E-state index contributed by atoms with van der Waals surface area (Å²) in [5, 5.41) is 14.2. The van der Waals surface area contributed by atoms with Crippen molar-refractivity contribution >= 4 is 40.0 Å². The number of aromatic nitrogens is 6. The number of aryl methyl sites for hydroxylation is 1. The number of carbonyl (C=O) groups is 1. The second kappa shape index (κ2) is 6.51. The lowest BCUT2D eigenvalue weighted by Crippen LogP contribution is -2.41. The van der Waals surface area contributed by atoms with E-state index in [1.165, 1.54) is 24.1 Å². The molecule has 2 aliphatic rings. The van der Waals surface area contributed by atoms with E-state index in [0.717, 1.165) is 31.4 Å². The molecule has 28 heavy (non-hydrogen) atoms. The lowest BCUT2D eigenvalue weighted by Gasteiger charge is -2.32. The lowest BCUT2D eigenvalue weighted by atomic mass is 9.81. The van der Waals surface area contributed by atoms with E-state index < -0.39 is 0 Å². The van der Waals surface area contributed by atoms with Crippen molar-refractivity contribution in [2.45, 2.75) is 37.6 Å². The van der Waals surface area contributed by atoms with Gasteiger partial charge < -0.3 is 16.0 Å². The van der Waals surface area contributed by atoms with Gasteiger partial charge in [0, 0.05) is 13.1 Å². The summed E-state index contributed by atoms with van der Waals surface area (Å²) in [7, 11) is 1.79. The Hall–Kier alpha value is -3.08. The maximum atomic E-state index is 12.4. The van der Waals surface area contributed by atoms with Gasteiger partial charge in [0.1, 0.15) is 29.2 Å². The Morgan fingerprint density at radius 1 is 1.14 bits per heavy atom. The Morgan fingerprint density at radius 2 is 1.93 bits per heavy atom. The summed E-state index contributed by atoms with van der Waals surface area (Å²) in [6.45, 7) is 0. The highest BCUT2D eigenvalue weighted by atomic mass is 32.1. The van der Waals surface area contributed by atoms with Crippen LogP contribution in [0.5, 0.6) is 0 Å². The normalized spacial score (nSPS) is 17.4. The summed E-state index contributed by atoms with van der Waals surface area (Å²) in [6.07, 6.45) is 8.40. The van der Waals surface area contributed by atoms with E-state index >= 15 is 0 Å². The van der Waals surface area contributed by atoms with Crippen LogP contribution in [0.15, 0.2) is 18.7 Å². The lowest BCUT2D eigenvalue weighted by molar-refractivity contribution is 0.0910. The maximum Gasteiger partial charge on any atom is 0.264 e. The maximum absolute atomic E-state index is 12.4. The van der Waals surface area contributed by atoms with E-state index in [1.54, 1.807) is 24.1 Å². The summed E-state index contributed by atoms with van der Waals surface area (Å²) < 4.78 is 1.60. The number of carbonyl (C=O) groups excluding carboxylic acids is 1. The number of hydrogen-bond donors (Lipinski definition) is 3. The molecule has 0 aromatic carbocycles. The van der Waals surface area contributed by atoms with Crippen molar-refractivity contribution in [3.05, 3.63) is 29.3 Å². The molecule has 1 amide bonds. The van der Waals surface area contributed by atoms with E-state index in [0.29, 0.717) is 27.6 Å². The van der Waals surface area contributed by atoms with E-state index in [9.17, 15) is 4.79 Å². The SMILES string of the molecule is Cn1cnc(Nc2cc(Nc3nc4c(s3)C(=O)NC43CCCCC3)ncn2)n1. The van der Waals surface area contributed by atoms with Gasteiger partial charge in [-0.2, -0.15) is 0 Å². The minimum Gasteiger partial charge on any atom is -0.340 e. The van der Waals surface area contributed by atoms with Crippen molar-refractivity contribution in [3.8, 4) is 0 Å². The van der Waals surface area contributed by atoms with Crippen molar-refractivity contribution in [2.24, 2.45) is 7.05 Å². The third-order valence-electron chi connectivity index (χ3n) is 5.09. The highest BCUT2D eigenvalue weighted by Crippen LogP contribution is 2.45. The molecule has 1 spiro atoms. The van der Waals surface area contributed by atoms with Crippen LogP contribution in [0.3, 0.4) is 0 Å². The van der Waals surface area contributed by atoms with Crippen LogP contribution in [0.2, 0.25) is 0 Å². The third-order valence-corrected chi connectivity index (χ3v) is 6.06. The van der Waals surface area contributed by atoms with Crippen LogP contribution in [-0.4, -0.2) is 35.6 Å². The zero-order chi connectivity index (χ0) is 19.1. The highest BCUT2D eigenvalue weighted by Gasteiger charge is 2.46. The van der Waals surface area contributed by atoms with Crippen LogP contribution < -0.4 is 16.0 Å². The van der Waals surface area contributed by atoms with Crippen molar-refractivity contribution < 1.29 is 4.79 Å². The number of amides is 1. The molecular weight excluding hydrogens is 378 g/mol. The van der Waals surface area contributed by atoms with E-state index in [4.69, 9.17) is 4.98 Å². The highest BCUT2D eigenvalue weighted by molar-refractivity contribution is 7.17. The van der Waals surface area contributed by atoms with Gasteiger partial charge in [0.05, 0.1) is 11.2 Å². The van der Waals surface area contributed by atoms with Crippen molar-refractivity contribution in [3.63, 3.8) is 0 Å². The number of thiazole rings is 1. The number of nitrogens with zero attached hydrogens (tertiary/aromatic N) is 6. The largest absolute Gasteiger partial charge is 0.340 e. The summed E-state index contributed by atoms with van der Waals surface area (Å²) in [5.74, 6) is 1.58. The average molecular weight is 397 g/mol. The zero-order valence-electron chi connectivity index (χ0n) is 15.3. The van der Waals surface area contributed by atoms with Crippen LogP contribution >= 0.6 is 11.3 Å². The third kappa shape index (κ3) is 2.97. The molecule has 5 rings (SSSR count). The molecule has 0 unspecified atom stereocenters. The molecule has 3 aromatic rings. The summed E-state index contributed by atoms with van der Waals surface area (Å²) >= 11 is 1.36. The van der Waals surface area contributed by atoms with Gasteiger partial charge in [-0.1, -0.05) is 30.6 Å². The molecule has 1 aliphatic carbocycles. The molecular formula is C17H19N9OS. The van der Waals surface area contributed by atoms with Crippen molar-refractivity contribution in [1.29, 1.82) is 0 Å². The van der Waals surface area contributed by atoms with Crippen LogP contribution in [0.1, 0.15) is 47.5 Å². The van der Waals surface area contributed by atoms with Gasteiger partial charge in [-0.05, 0) is 12.8 Å². The average Bonchev–Trinajstić information content (AvgIpc) is 3.34. The number of fused-ring (bicyclic) bond motifs is 2. The Morgan fingerprint density at radius 3 is 2.68 bits per heavy atom. The Balaban J connectivity index is 1.37. The van der Waals surface area contributed by atoms with Gasteiger partial charge in [0.2, 0.25) is 5.95 Å². The van der Waals surface area contributed by atoms with Gasteiger partial charge in [-0.3, -0.25) is 9.48 Å². The molecule has 0 saturated heterocycles. The topological polar surface area (TPSA) is 123 Å². The monoisotopic (exact) mass is 397 g/mol. The minimum atomic E-state index is -0.288. The molecule has 1 saturated carbocycles. The first-order valence-electron chi connectivity index (χ1n) is 9.17. The van der Waals surface area contributed by atoms with E-state index in [-0.39, 0.29) is 11.4 Å². The molecule has 11 heteroatoms. The van der Waals surface area contributed by atoms with Crippen molar-refractivity contribution in [1.82, 2.24) is 35.0 Å². The second-order valence-electron chi connectivity index (χ2n) is 7.07. The molecule has 10 nitrogen and oxygen atoms in total. The standard InChI is InChI=1S/C17H19N9OS/c1-26-9-20-15(25-26)21-10-7-11(19-8-18-10)22-16-23-13-12(28-16)14(27)24-17(13)5-3-2-4-6-17/h7-9H,2-6H2,1H3,(H,24,27)(H2,18,19,21,22,23,25). The fourth-order valence-corrected chi connectivity index (χ4v) is 4.78. The first-order chi connectivity index (χ1) is 13.6. The Labute approximate surface area is 164 Å². The molecule has 4 heterocycles. The minimum absolute atomic E-state index is 0.0197. The Kier molecular flexibility index (Phi) is 3.97. The molecule has 3 N–H and O–H groups in total. The molecule has 144 valence electrons. The van der Waals surface area contributed by atoms with Crippen LogP contribution in [0.4, 0.5) is 22.7 Å². The predicted molar refractivity (Wildman–Crippen MR) is 104 cm³/mol. The van der Waals surface area contributed by atoms with Gasteiger partial charge in [-0.15, -0.1) is 5.10 Å². The van der Waals surface area contributed by atoms with Crippen LogP contribution in [0.25, 0.3) is 0 Å². The van der Waals surface area contributed by atoms with E-state index in [1.807, 2.05) is 0 Å². The zero-order valence-corrected chi connectivity index (χ0v) is 16.1. The number of nitrogens with one attached hydrogen (secondary N) is 3. The molecule has 1 aliphatic heterocycles. The second-order valence-corrected chi connectivity index (χ2v) is 8.07. The van der Waals surface area contributed by atoms with Crippen molar-refractivity contribution in [2.75, 3.05) is 10.6 Å². The fraction of sp³-hybridized carbons (Fsp3) is 0.412. The fourth-order valence-electron chi connectivity index (χ4n) is 3.82. The van der Waals surface area contributed by atoms with Crippen LogP contribution in [0, 0.1) is 0 Å². The van der Waals surface area contributed by atoms with Gasteiger partial charge >= 0.3 is 0 Å². The quantitative estimate of drug-likeness (QED) is 0.613. The van der Waals surface area contributed by atoms with Crippen LogP contribution in [-0.2, 0) is 12.6 Å². The number of rotatable bonds is 4. The molecule has 0 radical (unpaired) electrons. The molecule has 0 atom stereocenters. The first-order valence-corrected chi connectivity index (χ1v) is 9.98. The van der Waals surface area contributed by atoms with Gasteiger partial charge in [-0.25, -0.2) is 19.9 Å². The summed E-state index contributed by atoms with van der Waals surface area (Å²) in [6, 6.07) is 1.75. The smallest absolute Gasteiger partial charge is 0.264 e. The first kappa shape index (κ1) is 17.0. The number of hydrogen-bond acceptors (Lipinski definition) is 9. The summed E-state index contributed by atoms with van der Waals surface area (Å²) in [4.78, 5) is 30.4. The van der Waals surface area contributed by atoms with Gasteiger partial charge in [0.15, 0.2) is 5.13 Å². The molecule has 1 fully saturated rings. The molecule has 3 aromatic heterocycles. The summed E-state index contributed by atoms with van der Waals surface area (Å²) in [5.41, 5.74) is 0.596. The van der Waals surface area contributed by atoms with Gasteiger partial charge in [0.25, 0.3) is 5.91 Å². The number of anilines is 4. The Bertz CT molecular complexity index is 1040. The van der Waals surface area contributed by atoms with E-state index in [2.05, 4.69) is 36.0 Å². The predicted octanol–water partition coefficient (Wildman–Crippen LogP) is 2.45.